The molecule has 1 N–H and O–H groups in total. The molecule has 0 aliphatic heterocycles. The van der Waals surface area contributed by atoms with E-state index in [9.17, 15) is 0 Å². The summed E-state index contributed by atoms with van der Waals surface area (Å²) in [5.74, 6) is 1.93. The molecule has 0 bridgehead atoms. The monoisotopic (exact) mass is 289 g/mol. The molecule has 2 aromatic heterocycles. The van der Waals surface area contributed by atoms with Crippen LogP contribution in [0.4, 0.5) is 0 Å². The number of allylic oxidation sites excluding steroid dienone is 4. The molecule has 0 fully saturated rings. The number of rotatable bonds is 5. The number of nitrogens with zero attached hydrogens (tertiary/aromatic N) is 2. The van der Waals surface area contributed by atoms with Crippen molar-refractivity contribution in [2.75, 3.05) is 7.11 Å². The molecule has 0 aromatic carbocycles. The van der Waals surface area contributed by atoms with Gasteiger partial charge in [-0.05, 0) is 49.5 Å². The Morgan fingerprint density at radius 1 is 1.55 bits per heavy atom. The minimum Gasteiger partial charge on any atom is -0.497 e. The maximum absolute atomic E-state index is 5.34. The number of hydrogen-bond donors (Lipinski definition) is 1. The number of nitrogens with one attached hydrogen (secondary N) is 1. The Kier molecular flexibility index (Phi) is 4.37. The van der Waals surface area contributed by atoms with Crippen LogP contribution in [0.1, 0.15) is 6.92 Å². The van der Waals surface area contributed by atoms with Crippen LogP contribution in [0.15, 0.2) is 53.4 Å². The highest BCUT2D eigenvalue weighted by molar-refractivity contribution is 7.71. The van der Waals surface area contributed by atoms with Crippen LogP contribution < -0.4 is 0 Å². The molecule has 2 aromatic rings. The van der Waals surface area contributed by atoms with Gasteiger partial charge >= 0.3 is 0 Å². The van der Waals surface area contributed by atoms with Gasteiger partial charge in [-0.25, -0.2) is 0 Å². The lowest BCUT2D eigenvalue weighted by molar-refractivity contribution is 0.306. The number of furan rings is 1. The lowest BCUT2D eigenvalue weighted by atomic mass is 10.3. The van der Waals surface area contributed by atoms with E-state index in [4.69, 9.17) is 21.4 Å². The average Bonchev–Trinajstić information content (AvgIpc) is 3.08. The van der Waals surface area contributed by atoms with Gasteiger partial charge in [0.15, 0.2) is 10.5 Å². The van der Waals surface area contributed by atoms with E-state index < -0.39 is 0 Å². The van der Waals surface area contributed by atoms with Crippen molar-refractivity contribution < 1.29 is 9.15 Å². The average molecular weight is 289 g/mol. The number of aromatic amines is 1. The molecule has 6 heteroatoms. The van der Waals surface area contributed by atoms with Gasteiger partial charge in [0.2, 0.25) is 5.82 Å². The Balaban J connectivity index is 2.36. The second-order valence-electron chi connectivity index (χ2n) is 3.88. The zero-order valence-corrected chi connectivity index (χ0v) is 12.1. The van der Waals surface area contributed by atoms with Gasteiger partial charge in [-0.3, -0.25) is 9.67 Å². The third-order valence-electron chi connectivity index (χ3n) is 2.66. The summed E-state index contributed by atoms with van der Waals surface area (Å²) in [6, 6.07) is 3.60. The molecule has 0 radical (unpaired) electrons. The highest BCUT2D eigenvalue weighted by atomic mass is 32.1. The fraction of sp³-hybridized carbons (Fsp3) is 0.143. The summed E-state index contributed by atoms with van der Waals surface area (Å²) in [6.07, 6.45) is 7.05. The van der Waals surface area contributed by atoms with Gasteiger partial charge in [0.1, 0.15) is 5.76 Å². The smallest absolute Gasteiger partial charge is 0.202 e. The Hall–Kier alpha value is -2.34. The van der Waals surface area contributed by atoms with Gasteiger partial charge in [0.05, 0.1) is 13.4 Å². The summed E-state index contributed by atoms with van der Waals surface area (Å²) in [5, 5.41) is 6.90. The summed E-state index contributed by atoms with van der Waals surface area (Å²) in [7, 11) is 1.61. The Morgan fingerprint density at radius 2 is 2.35 bits per heavy atom. The van der Waals surface area contributed by atoms with Crippen LogP contribution in [-0.4, -0.2) is 21.9 Å². The van der Waals surface area contributed by atoms with Crippen LogP contribution in [0.25, 0.3) is 17.3 Å². The first-order chi connectivity index (χ1) is 9.67. The molecule has 20 heavy (non-hydrogen) atoms. The summed E-state index contributed by atoms with van der Waals surface area (Å²) in [6.45, 7) is 5.89. The van der Waals surface area contributed by atoms with Crippen molar-refractivity contribution in [2.45, 2.75) is 6.92 Å². The summed E-state index contributed by atoms with van der Waals surface area (Å²) in [5.41, 5.74) is 0.659. The van der Waals surface area contributed by atoms with E-state index in [1.165, 1.54) is 0 Å². The van der Waals surface area contributed by atoms with Crippen LogP contribution in [0.2, 0.25) is 0 Å². The lowest BCUT2D eigenvalue weighted by Gasteiger charge is -2.05. The number of aromatic nitrogens is 3. The zero-order valence-electron chi connectivity index (χ0n) is 11.3. The SMILES string of the molecule is C=C(/C=C\C(=C/C)OC)n1c(-c2ccco2)n[nH]c1=S. The molecular weight excluding hydrogens is 274 g/mol. The predicted molar refractivity (Wildman–Crippen MR) is 80.3 cm³/mol. The maximum atomic E-state index is 5.34. The van der Waals surface area contributed by atoms with E-state index in [0.29, 0.717) is 22.1 Å². The van der Waals surface area contributed by atoms with Crippen molar-refractivity contribution in [2.24, 2.45) is 0 Å². The van der Waals surface area contributed by atoms with E-state index in [2.05, 4.69) is 16.8 Å². The molecule has 2 rings (SSSR count). The number of hydrogen-bond acceptors (Lipinski definition) is 4. The fourth-order valence-corrected chi connectivity index (χ4v) is 1.92. The van der Waals surface area contributed by atoms with Crippen LogP contribution in [0.5, 0.6) is 0 Å². The van der Waals surface area contributed by atoms with Crippen LogP contribution in [0.3, 0.4) is 0 Å². The zero-order chi connectivity index (χ0) is 14.5. The predicted octanol–water partition coefficient (Wildman–Crippen LogP) is 3.78. The minimum absolute atomic E-state index is 0.450. The molecule has 0 amide bonds. The molecule has 0 unspecified atom stereocenters. The first-order valence-corrected chi connectivity index (χ1v) is 6.37. The molecule has 0 saturated carbocycles. The van der Waals surface area contributed by atoms with Crippen molar-refractivity contribution in [3.05, 3.63) is 53.7 Å². The van der Waals surface area contributed by atoms with Gasteiger partial charge in [-0.2, -0.15) is 5.10 Å². The van der Waals surface area contributed by atoms with Crippen LogP contribution in [0, 0.1) is 4.77 Å². The van der Waals surface area contributed by atoms with E-state index in [0.717, 1.165) is 5.76 Å². The number of methoxy groups -OCH3 is 1. The van der Waals surface area contributed by atoms with Crippen molar-refractivity contribution in [1.29, 1.82) is 0 Å². The molecule has 0 spiro atoms. The highest BCUT2D eigenvalue weighted by Gasteiger charge is 2.12. The lowest BCUT2D eigenvalue weighted by Crippen LogP contribution is -1.97. The number of ether oxygens (including phenoxy) is 1. The number of H-pyrrole nitrogens is 1. The third kappa shape index (κ3) is 2.80. The fourth-order valence-electron chi connectivity index (χ4n) is 1.67. The van der Waals surface area contributed by atoms with Crippen molar-refractivity contribution in [1.82, 2.24) is 14.8 Å². The molecule has 0 aliphatic carbocycles. The van der Waals surface area contributed by atoms with Crippen LogP contribution >= 0.6 is 12.2 Å². The van der Waals surface area contributed by atoms with E-state index in [1.54, 1.807) is 30.1 Å². The third-order valence-corrected chi connectivity index (χ3v) is 2.94. The van der Waals surface area contributed by atoms with Gasteiger partial charge in [0.25, 0.3) is 0 Å². The van der Waals surface area contributed by atoms with E-state index in [1.807, 2.05) is 25.1 Å². The first-order valence-electron chi connectivity index (χ1n) is 5.96. The van der Waals surface area contributed by atoms with Gasteiger partial charge in [-0.1, -0.05) is 6.58 Å². The molecule has 0 saturated heterocycles. The molecule has 2 heterocycles. The Bertz CT molecular complexity index is 705. The highest BCUT2D eigenvalue weighted by Crippen LogP contribution is 2.21. The normalized spacial score (nSPS) is 12.0. The molecule has 0 aliphatic rings. The maximum Gasteiger partial charge on any atom is 0.202 e. The topological polar surface area (TPSA) is 56.0 Å². The standard InChI is InChI=1S/C14H15N3O2S/c1-4-11(18-3)8-7-10(2)17-13(15-16-14(17)20)12-6-5-9-19-12/h4-9H,2H2,1,3H3,(H,16,20)/b8-7-,11-4+. The summed E-state index contributed by atoms with van der Waals surface area (Å²) in [4.78, 5) is 0. The van der Waals surface area contributed by atoms with E-state index in [-0.39, 0.29) is 0 Å². The van der Waals surface area contributed by atoms with Crippen molar-refractivity contribution >= 4 is 17.9 Å². The summed E-state index contributed by atoms with van der Waals surface area (Å²) < 4.78 is 12.6. The molecule has 5 nitrogen and oxygen atoms in total. The molecular formula is C14H15N3O2S. The quantitative estimate of drug-likeness (QED) is 0.517. The van der Waals surface area contributed by atoms with Crippen molar-refractivity contribution in [3.8, 4) is 11.6 Å². The van der Waals surface area contributed by atoms with Gasteiger partial charge in [0, 0.05) is 5.70 Å². The minimum atomic E-state index is 0.450. The summed E-state index contributed by atoms with van der Waals surface area (Å²) >= 11 is 5.22. The van der Waals surface area contributed by atoms with Gasteiger partial charge < -0.3 is 9.15 Å². The van der Waals surface area contributed by atoms with E-state index >= 15 is 0 Å². The Labute approximate surface area is 121 Å². The molecule has 104 valence electrons. The molecule has 0 atom stereocenters. The van der Waals surface area contributed by atoms with Crippen LogP contribution in [-0.2, 0) is 4.74 Å². The van der Waals surface area contributed by atoms with Gasteiger partial charge in [-0.15, -0.1) is 0 Å². The largest absolute Gasteiger partial charge is 0.497 e. The second kappa shape index (κ2) is 6.21. The van der Waals surface area contributed by atoms with Crippen molar-refractivity contribution in [3.63, 3.8) is 0 Å². The second-order valence-corrected chi connectivity index (χ2v) is 4.27. The first kappa shape index (κ1) is 14.1. The Morgan fingerprint density at radius 3 is 2.95 bits per heavy atom.